The minimum absolute atomic E-state index is 0.438. The lowest BCUT2D eigenvalue weighted by molar-refractivity contribution is 0.344. The molecule has 0 amide bonds. The molecule has 0 aliphatic carbocycles. The molecule has 0 aromatic heterocycles. The van der Waals surface area contributed by atoms with Crippen molar-refractivity contribution in [1.82, 2.24) is 0 Å². The van der Waals surface area contributed by atoms with Gasteiger partial charge < -0.3 is 14.8 Å². The normalized spacial score (nSPS) is 10.5. The van der Waals surface area contributed by atoms with Gasteiger partial charge in [0.25, 0.3) is 0 Å². The van der Waals surface area contributed by atoms with Gasteiger partial charge in [0.15, 0.2) is 0 Å². The van der Waals surface area contributed by atoms with Crippen LogP contribution in [0, 0.1) is 0 Å². The second kappa shape index (κ2) is 7.96. The van der Waals surface area contributed by atoms with Gasteiger partial charge in [0.05, 0.1) is 16.7 Å². The molecular formula is C14H13BCl2O3S. The van der Waals surface area contributed by atoms with Gasteiger partial charge >= 0.3 is 7.12 Å². The molecule has 2 N–H and O–H groups in total. The zero-order chi connectivity index (χ0) is 15.2. The predicted octanol–water partition coefficient (Wildman–Crippen LogP) is 2.84. The quantitative estimate of drug-likeness (QED) is 0.481. The molecule has 0 aliphatic heterocycles. The Hall–Kier alpha value is -0.845. The molecule has 0 aliphatic rings. The number of benzene rings is 2. The van der Waals surface area contributed by atoms with Crippen LogP contribution in [0.4, 0.5) is 0 Å². The van der Waals surface area contributed by atoms with Crippen LogP contribution in [0.5, 0.6) is 5.75 Å². The van der Waals surface area contributed by atoms with Crippen molar-refractivity contribution in [3.05, 3.63) is 52.5 Å². The minimum atomic E-state index is -1.45. The maximum atomic E-state index is 8.99. The van der Waals surface area contributed by atoms with E-state index in [-0.39, 0.29) is 0 Å². The van der Waals surface area contributed by atoms with Gasteiger partial charge in [-0.3, -0.25) is 0 Å². The summed E-state index contributed by atoms with van der Waals surface area (Å²) in [5.41, 5.74) is 0.438. The van der Waals surface area contributed by atoms with Gasteiger partial charge in [-0.2, -0.15) is 0 Å². The van der Waals surface area contributed by atoms with E-state index in [1.165, 1.54) is 0 Å². The van der Waals surface area contributed by atoms with Gasteiger partial charge in [-0.15, -0.1) is 11.8 Å². The lowest BCUT2D eigenvalue weighted by Crippen LogP contribution is -2.29. The van der Waals surface area contributed by atoms with Crippen molar-refractivity contribution in [2.24, 2.45) is 0 Å². The molecule has 0 fully saturated rings. The van der Waals surface area contributed by atoms with Crippen LogP contribution in [0.25, 0.3) is 0 Å². The highest BCUT2D eigenvalue weighted by atomic mass is 35.5. The first-order valence-electron chi connectivity index (χ1n) is 6.23. The summed E-state index contributed by atoms with van der Waals surface area (Å²) in [7, 11) is -1.45. The van der Waals surface area contributed by atoms with E-state index in [4.69, 9.17) is 38.0 Å². The summed E-state index contributed by atoms with van der Waals surface area (Å²) in [6, 6.07) is 12.2. The van der Waals surface area contributed by atoms with E-state index in [2.05, 4.69) is 0 Å². The lowest BCUT2D eigenvalue weighted by Gasteiger charge is -2.07. The van der Waals surface area contributed by atoms with Crippen molar-refractivity contribution < 1.29 is 14.8 Å². The van der Waals surface area contributed by atoms with E-state index in [9.17, 15) is 0 Å². The summed E-state index contributed by atoms with van der Waals surface area (Å²) >= 11 is 13.4. The van der Waals surface area contributed by atoms with E-state index < -0.39 is 7.12 Å². The SMILES string of the molecule is OB(O)c1ccc(OCCSc2ccc(Cl)c(Cl)c2)cc1. The van der Waals surface area contributed by atoms with E-state index in [0.717, 1.165) is 10.6 Å². The molecule has 0 heterocycles. The number of ether oxygens (including phenoxy) is 1. The van der Waals surface area contributed by atoms with Crippen molar-refractivity contribution in [2.45, 2.75) is 4.90 Å². The van der Waals surface area contributed by atoms with Crippen LogP contribution in [0.3, 0.4) is 0 Å². The van der Waals surface area contributed by atoms with Gasteiger partial charge in [0, 0.05) is 10.6 Å². The van der Waals surface area contributed by atoms with Crippen LogP contribution >= 0.6 is 35.0 Å². The number of halogens is 2. The summed E-state index contributed by atoms with van der Waals surface area (Å²) in [6.45, 7) is 0.534. The van der Waals surface area contributed by atoms with Gasteiger partial charge in [0.1, 0.15) is 5.75 Å². The van der Waals surface area contributed by atoms with E-state index in [1.807, 2.05) is 12.1 Å². The second-order valence-corrected chi connectivity index (χ2v) is 6.20. The van der Waals surface area contributed by atoms with Crippen LogP contribution in [-0.2, 0) is 0 Å². The van der Waals surface area contributed by atoms with Crippen molar-refractivity contribution in [3.63, 3.8) is 0 Å². The largest absolute Gasteiger partial charge is 0.493 e. The fourth-order valence-electron chi connectivity index (χ4n) is 1.62. The van der Waals surface area contributed by atoms with E-state index >= 15 is 0 Å². The maximum absolute atomic E-state index is 8.99. The topological polar surface area (TPSA) is 49.7 Å². The third kappa shape index (κ3) is 5.13. The Morgan fingerprint density at radius 1 is 1.00 bits per heavy atom. The molecule has 0 saturated carbocycles. The van der Waals surface area contributed by atoms with Crippen LogP contribution in [-0.4, -0.2) is 29.5 Å². The number of rotatable bonds is 6. The van der Waals surface area contributed by atoms with Gasteiger partial charge in [-0.05, 0) is 35.8 Å². The molecule has 0 bridgehead atoms. The van der Waals surface area contributed by atoms with Crippen LogP contribution < -0.4 is 10.2 Å². The Bertz CT molecular complexity index is 593. The number of hydrogen-bond acceptors (Lipinski definition) is 4. The predicted molar refractivity (Wildman–Crippen MR) is 88.9 cm³/mol. The smallest absolute Gasteiger partial charge is 0.488 e. The molecule has 2 aromatic carbocycles. The highest BCUT2D eigenvalue weighted by Crippen LogP contribution is 2.27. The monoisotopic (exact) mass is 342 g/mol. The fourth-order valence-corrected chi connectivity index (χ4v) is 2.75. The van der Waals surface area contributed by atoms with Gasteiger partial charge in [0.2, 0.25) is 0 Å². The number of hydrogen-bond donors (Lipinski definition) is 2. The zero-order valence-electron chi connectivity index (χ0n) is 11.0. The molecule has 0 saturated heterocycles. The van der Waals surface area contributed by atoms with Crippen LogP contribution in [0.1, 0.15) is 0 Å². The first-order valence-corrected chi connectivity index (χ1v) is 7.97. The van der Waals surface area contributed by atoms with E-state index in [0.29, 0.717) is 27.9 Å². The molecule has 0 spiro atoms. The molecule has 2 aromatic rings. The summed E-state index contributed by atoms with van der Waals surface area (Å²) in [5, 5.41) is 19.1. The van der Waals surface area contributed by atoms with Crippen molar-refractivity contribution in [3.8, 4) is 5.75 Å². The molecule has 0 unspecified atom stereocenters. The Morgan fingerprint density at radius 2 is 1.71 bits per heavy atom. The van der Waals surface area contributed by atoms with Crippen molar-refractivity contribution in [1.29, 1.82) is 0 Å². The minimum Gasteiger partial charge on any atom is -0.493 e. The molecule has 21 heavy (non-hydrogen) atoms. The fraction of sp³-hybridized carbons (Fsp3) is 0.143. The Kier molecular flexibility index (Phi) is 6.27. The van der Waals surface area contributed by atoms with E-state index in [1.54, 1.807) is 42.1 Å². The standard InChI is InChI=1S/C14H13BCl2O3S/c16-13-6-5-12(9-14(13)17)21-8-7-20-11-3-1-10(2-4-11)15(18)19/h1-6,9,18-19H,7-8H2. The second-order valence-electron chi connectivity index (χ2n) is 4.22. The zero-order valence-corrected chi connectivity index (χ0v) is 13.3. The highest BCUT2D eigenvalue weighted by molar-refractivity contribution is 7.99. The Balaban J connectivity index is 1.77. The highest BCUT2D eigenvalue weighted by Gasteiger charge is 2.09. The Labute approximate surface area is 138 Å². The summed E-state index contributed by atoms with van der Waals surface area (Å²) < 4.78 is 5.57. The third-order valence-electron chi connectivity index (χ3n) is 2.69. The first kappa shape index (κ1) is 16.5. The molecule has 3 nitrogen and oxygen atoms in total. The average molecular weight is 343 g/mol. The summed E-state index contributed by atoms with van der Waals surface area (Å²) in [6.07, 6.45) is 0. The molecular weight excluding hydrogens is 330 g/mol. The van der Waals surface area contributed by atoms with Crippen LogP contribution in [0.15, 0.2) is 47.4 Å². The van der Waals surface area contributed by atoms with Gasteiger partial charge in [-0.1, -0.05) is 35.3 Å². The van der Waals surface area contributed by atoms with Crippen LogP contribution in [0.2, 0.25) is 10.0 Å². The molecule has 110 valence electrons. The molecule has 0 atom stereocenters. The van der Waals surface area contributed by atoms with Crippen molar-refractivity contribution in [2.75, 3.05) is 12.4 Å². The molecule has 7 heteroatoms. The third-order valence-corrected chi connectivity index (χ3v) is 4.39. The molecule has 2 rings (SSSR count). The molecule has 0 radical (unpaired) electrons. The average Bonchev–Trinajstić information content (AvgIpc) is 2.47. The van der Waals surface area contributed by atoms with Crippen molar-refractivity contribution >= 4 is 47.5 Å². The maximum Gasteiger partial charge on any atom is 0.488 e. The summed E-state index contributed by atoms with van der Waals surface area (Å²) in [5.74, 6) is 1.46. The lowest BCUT2D eigenvalue weighted by atomic mass is 9.80. The summed E-state index contributed by atoms with van der Waals surface area (Å²) in [4.78, 5) is 1.03. The number of thioether (sulfide) groups is 1. The van der Waals surface area contributed by atoms with Gasteiger partial charge in [-0.25, -0.2) is 0 Å². The Morgan fingerprint density at radius 3 is 2.33 bits per heavy atom. The first-order chi connectivity index (χ1) is 10.1.